The van der Waals surface area contributed by atoms with Gasteiger partial charge in [-0.2, -0.15) is 10.1 Å². The van der Waals surface area contributed by atoms with Gasteiger partial charge in [0.25, 0.3) is 11.8 Å². The Morgan fingerprint density at radius 1 is 0.875 bits per heavy atom. The minimum atomic E-state index is -1.67. The molecule has 15 nitrogen and oxygen atoms in total. The van der Waals surface area contributed by atoms with Crippen molar-refractivity contribution < 1.29 is 62.1 Å². The van der Waals surface area contributed by atoms with Crippen LogP contribution in [0.1, 0.15) is 92.3 Å². The van der Waals surface area contributed by atoms with E-state index in [0.29, 0.717) is 16.7 Å². The molecule has 4 heterocycles. The number of hydrogen-bond donors (Lipinski definition) is 3. The fourth-order valence-corrected chi connectivity index (χ4v) is 6.56. The summed E-state index contributed by atoms with van der Waals surface area (Å²) in [4.78, 5) is 77.7. The summed E-state index contributed by atoms with van der Waals surface area (Å²) in [5.74, 6) is -1.97. The molecule has 0 unspecified atom stereocenters. The molecule has 56 heavy (non-hydrogen) atoms. The summed E-state index contributed by atoms with van der Waals surface area (Å²) < 4.78 is 30.9. The van der Waals surface area contributed by atoms with Gasteiger partial charge in [0.15, 0.2) is 5.60 Å². The van der Waals surface area contributed by atoms with Gasteiger partial charge in [-0.25, -0.2) is 9.59 Å². The van der Waals surface area contributed by atoms with E-state index in [1.807, 2.05) is 0 Å². The van der Waals surface area contributed by atoms with Gasteiger partial charge in [-0.3, -0.25) is 14.4 Å². The molecule has 15 heteroatoms. The molecule has 290 valence electrons. The van der Waals surface area contributed by atoms with E-state index in [9.17, 15) is 33.9 Å². The predicted octanol–water partition coefficient (Wildman–Crippen LogP) is 4.60. The van der Waals surface area contributed by atoms with E-state index in [4.69, 9.17) is 23.7 Å². The number of nitrogens with one attached hydrogen (secondary N) is 2. The topological polar surface area (TPSA) is 196 Å². The van der Waals surface area contributed by atoms with E-state index in [0.717, 1.165) is 4.58 Å². The first-order chi connectivity index (χ1) is 26.3. The van der Waals surface area contributed by atoms with Crippen molar-refractivity contribution in [1.82, 2.24) is 10.6 Å². The molecule has 0 aromatic heterocycles. The Balaban J connectivity index is 1.28. The highest BCUT2D eigenvalue weighted by Gasteiger charge is 2.54. The van der Waals surface area contributed by atoms with Crippen LogP contribution in [0.2, 0.25) is 0 Å². The Hall–Kier alpha value is -6.35. The van der Waals surface area contributed by atoms with Gasteiger partial charge in [0.2, 0.25) is 0 Å². The van der Waals surface area contributed by atoms with Crippen LogP contribution in [-0.4, -0.2) is 70.1 Å². The Kier molecular flexibility index (Phi) is 9.11. The Bertz CT molecular complexity index is 2250. The number of rotatable bonds is 5. The Labute approximate surface area is 321 Å². The number of fused-ring (bicyclic) bond motifs is 6. The van der Waals surface area contributed by atoms with E-state index in [1.54, 1.807) is 65.8 Å². The lowest BCUT2D eigenvalue weighted by Crippen LogP contribution is -2.43. The summed E-state index contributed by atoms with van der Waals surface area (Å²) in [6, 6.07) is 12.3. The maximum atomic E-state index is 14.0. The van der Waals surface area contributed by atoms with Crippen molar-refractivity contribution in [1.29, 1.82) is 0 Å². The molecule has 0 aliphatic carbocycles. The smallest absolute Gasteiger partial charge is 0.457 e. The van der Waals surface area contributed by atoms with Gasteiger partial charge in [-0.05, 0) is 90.9 Å². The summed E-state index contributed by atoms with van der Waals surface area (Å²) in [7, 11) is 0. The molecule has 3 aromatic rings. The Morgan fingerprint density at radius 2 is 1.46 bits per heavy atom. The van der Waals surface area contributed by atoms with Crippen molar-refractivity contribution in [3.8, 4) is 23.0 Å². The van der Waals surface area contributed by atoms with Crippen LogP contribution in [0, 0.1) is 10.8 Å². The minimum absolute atomic E-state index is 0.0150. The highest BCUT2D eigenvalue weighted by molar-refractivity contribution is 6.04. The molecular weight excluding hydrogens is 726 g/mol. The average Bonchev–Trinajstić information content (AvgIpc) is 3.66. The van der Waals surface area contributed by atoms with E-state index < -0.39 is 70.9 Å². The SMILES string of the molecule is CC1=C[N+](=C2C[C@@H](NC(=O)c3ccc4c(c3)C3(OC4=O)c4ccc(OC(=O)C(C)(C)C)cc4Oc4cc(OC(=O)C(C)(C)C)ccc43)[C@@H](CO)O2)C(=O)NC1=O. The van der Waals surface area contributed by atoms with E-state index in [2.05, 4.69) is 10.6 Å². The molecule has 2 atom stereocenters. The van der Waals surface area contributed by atoms with Crippen LogP contribution in [-0.2, 0) is 29.5 Å². The van der Waals surface area contributed by atoms with Crippen LogP contribution in [0.5, 0.6) is 23.0 Å². The minimum Gasteiger partial charge on any atom is -0.457 e. The van der Waals surface area contributed by atoms with Gasteiger partial charge in [-0.1, -0.05) is 0 Å². The molecular formula is C41H40N3O12+. The Morgan fingerprint density at radius 3 is 2.02 bits per heavy atom. The number of amides is 4. The first-order valence-electron chi connectivity index (χ1n) is 17.9. The van der Waals surface area contributed by atoms with E-state index >= 15 is 0 Å². The number of aliphatic hydroxyl groups excluding tert-OH is 1. The van der Waals surface area contributed by atoms with Crippen molar-refractivity contribution in [3.05, 3.63) is 94.2 Å². The molecule has 1 saturated heterocycles. The van der Waals surface area contributed by atoms with Gasteiger partial charge in [0.1, 0.15) is 35.3 Å². The van der Waals surface area contributed by atoms with Crippen LogP contribution >= 0.6 is 0 Å². The fraction of sp³-hybridized carbons (Fsp3) is 0.341. The molecule has 0 saturated carbocycles. The van der Waals surface area contributed by atoms with Crippen LogP contribution in [0.3, 0.4) is 0 Å². The van der Waals surface area contributed by atoms with Gasteiger partial charge < -0.3 is 34.1 Å². The molecule has 1 spiro atoms. The maximum Gasteiger partial charge on any atom is 0.506 e. The quantitative estimate of drug-likeness (QED) is 0.186. The molecule has 4 amide bonds. The zero-order valence-electron chi connectivity index (χ0n) is 31.7. The summed E-state index contributed by atoms with van der Waals surface area (Å²) in [5, 5.41) is 15.2. The number of ether oxygens (including phenoxy) is 5. The summed E-state index contributed by atoms with van der Waals surface area (Å²) >= 11 is 0. The number of urea groups is 1. The second kappa shape index (κ2) is 13.4. The maximum absolute atomic E-state index is 14.0. The third-order valence-corrected chi connectivity index (χ3v) is 9.67. The van der Waals surface area contributed by atoms with Crippen LogP contribution < -0.4 is 24.8 Å². The van der Waals surface area contributed by atoms with Crippen LogP contribution in [0.15, 0.2) is 66.4 Å². The molecule has 3 N–H and O–H groups in total. The molecule has 4 aliphatic rings. The first kappa shape index (κ1) is 37.9. The summed E-state index contributed by atoms with van der Waals surface area (Å²) in [6.45, 7) is 11.3. The largest absolute Gasteiger partial charge is 0.506 e. The number of hydrogen-bond acceptors (Lipinski definition) is 12. The lowest BCUT2D eigenvalue weighted by Gasteiger charge is -2.37. The molecule has 7 rings (SSSR count). The van der Waals surface area contributed by atoms with Gasteiger partial charge >= 0.3 is 29.8 Å². The van der Waals surface area contributed by atoms with E-state index in [-0.39, 0.29) is 52.0 Å². The highest BCUT2D eigenvalue weighted by atomic mass is 16.6. The highest BCUT2D eigenvalue weighted by Crippen LogP contribution is 2.57. The van der Waals surface area contributed by atoms with Crippen molar-refractivity contribution in [2.75, 3.05) is 6.61 Å². The van der Waals surface area contributed by atoms with Crippen molar-refractivity contribution in [3.63, 3.8) is 0 Å². The molecule has 1 fully saturated rings. The number of imide groups is 1. The average molecular weight is 767 g/mol. The molecule has 0 radical (unpaired) electrons. The normalized spacial score (nSPS) is 20.7. The number of aliphatic hydroxyl groups is 1. The molecule has 0 bridgehead atoms. The third-order valence-electron chi connectivity index (χ3n) is 9.67. The third kappa shape index (κ3) is 6.57. The van der Waals surface area contributed by atoms with Crippen molar-refractivity contribution >= 4 is 41.7 Å². The lowest BCUT2D eigenvalue weighted by atomic mass is 9.77. The number of benzene rings is 3. The number of nitrogens with zero attached hydrogens (tertiary/aromatic N) is 1. The van der Waals surface area contributed by atoms with Crippen LogP contribution in [0.4, 0.5) is 4.79 Å². The second-order valence-corrected chi connectivity index (χ2v) is 16.0. The van der Waals surface area contributed by atoms with Crippen molar-refractivity contribution in [2.24, 2.45) is 10.8 Å². The molecule has 3 aromatic carbocycles. The number of esters is 3. The number of carbonyl (C=O) groups is 6. The van der Waals surface area contributed by atoms with Crippen molar-refractivity contribution in [2.45, 2.75) is 72.6 Å². The summed E-state index contributed by atoms with van der Waals surface area (Å²) in [5.41, 5.74) is -1.68. The first-order valence-corrected chi connectivity index (χ1v) is 17.9. The monoisotopic (exact) mass is 766 g/mol. The molecule has 4 aliphatic heterocycles. The zero-order valence-corrected chi connectivity index (χ0v) is 31.7. The van der Waals surface area contributed by atoms with Gasteiger partial charge in [-0.15, -0.1) is 4.58 Å². The summed E-state index contributed by atoms with van der Waals surface area (Å²) in [6.07, 6.45) is 0.419. The van der Waals surface area contributed by atoms with Gasteiger partial charge in [0.05, 0.1) is 41.0 Å². The number of carbonyl (C=O) groups excluding carboxylic acids is 6. The predicted molar refractivity (Wildman–Crippen MR) is 195 cm³/mol. The fourth-order valence-electron chi connectivity index (χ4n) is 6.56. The van der Waals surface area contributed by atoms with E-state index in [1.165, 1.54) is 43.5 Å². The van der Waals surface area contributed by atoms with Gasteiger partial charge in [0, 0.05) is 34.4 Å². The lowest BCUT2D eigenvalue weighted by molar-refractivity contribution is -0.366. The zero-order chi connectivity index (χ0) is 40.5. The van der Waals surface area contributed by atoms with Crippen LogP contribution in [0.25, 0.3) is 0 Å². The second-order valence-electron chi connectivity index (χ2n) is 16.0. The standard InChI is InChI=1S/C41H39N3O12/c1-20-18-44(38(51)43-33(20)46)32-17-28(31(19-45)55-32)42-34(47)21-8-11-24-27(14-21)41(56-35(24)48)25-12-9-22(52-36(49)39(2,3)4)15-29(25)54-30-16-23(10-13-26(30)41)53-37(50)40(5,6)7/h8-16,18,28,31,45H,17,19H2,1-7H3,(H-,42,43,46,47,51)/p+1/t28-,31-/m1/s1.